The summed E-state index contributed by atoms with van der Waals surface area (Å²) in [5, 5.41) is 2.87. The first-order valence-corrected chi connectivity index (χ1v) is 8.56. The topological polar surface area (TPSA) is 80.8 Å². The van der Waals surface area contributed by atoms with Crippen LogP contribution in [0.1, 0.15) is 51.4 Å². The Morgan fingerprint density at radius 2 is 2.08 bits per heavy atom. The third-order valence-electron chi connectivity index (χ3n) is 3.56. The number of anilines is 1. The maximum absolute atomic E-state index is 12.3. The van der Waals surface area contributed by atoms with E-state index in [9.17, 15) is 9.59 Å². The smallest absolute Gasteiger partial charge is 0.407 e. The lowest BCUT2D eigenvalue weighted by Gasteiger charge is -2.23. The predicted octanol–water partition coefficient (Wildman–Crippen LogP) is 2.75. The molecule has 7 heteroatoms. The number of carbonyl (C=O) groups is 2. The number of pyridine rings is 1. The second-order valence-electron chi connectivity index (χ2n) is 7.41. The number of hydrogen-bond donors (Lipinski definition) is 1. The summed E-state index contributed by atoms with van der Waals surface area (Å²) < 4.78 is 10.6. The van der Waals surface area contributed by atoms with Gasteiger partial charge in [0.05, 0.1) is 12.1 Å². The van der Waals surface area contributed by atoms with Crippen LogP contribution in [0.3, 0.4) is 0 Å². The molecule has 0 saturated carbocycles. The Balaban J connectivity index is 2.02. The zero-order chi connectivity index (χ0) is 18.6. The van der Waals surface area contributed by atoms with Gasteiger partial charge in [-0.25, -0.2) is 14.6 Å². The van der Waals surface area contributed by atoms with E-state index in [0.717, 1.165) is 6.42 Å². The molecular weight excluding hydrogens is 322 g/mol. The molecule has 1 saturated heterocycles. The van der Waals surface area contributed by atoms with Gasteiger partial charge in [-0.1, -0.05) is 0 Å². The van der Waals surface area contributed by atoms with E-state index >= 15 is 0 Å². The van der Waals surface area contributed by atoms with Crippen molar-refractivity contribution in [3.8, 4) is 0 Å². The van der Waals surface area contributed by atoms with Crippen molar-refractivity contribution in [1.82, 2.24) is 10.3 Å². The summed E-state index contributed by atoms with van der Waals surface area (Å²) >= 11 is 0. The van der Waals surface area contributed by atoms with Crippen molar-refractivity contribution < 1.29 is 19.1 Å². The summed E-state index contributed by atoms with van der Waals surface area (Å²) in [7, 11) is 0. The number of alkyl carbamates (subject to hydrolysis) is 1. The summed E-state index contributed by atoms with van der Waals surface area (Å²) in [6.45, 7) is 10.4. The Kier molecular flexibility index (Phi) is 5.87. The maximum atomic E-state index is 12.3. The van der Waals surface area contributed by atoms with Crippen LogP contribution in [0.2, 0.25) is 0 Å². The molecule has 1 amide bonds. The van der Waals surface area contributed by atoms with Gasteiger partial charge in [0.2, 0.25) is 0 Å². The fourth-order valence-corrected chi connectivity index (χ4v) is 2.63. The minimum atomic E-state index is -0.531. The van der Waals surface area contributed by atoms with Crippen molar-refractivity contribution in [3.63, 3.8) is 0 Å². The third-order valence-corrected chi connectivity index (χ3v) is 3.56. The highest BCUT2D eigenvalue weighted by Gasteiger charge is 2.29. The zero-order valence-corrected chi connectivity index (χ0v) is 15.5. The lowest BCUT2D eigenvalue weighted by atomic mass is 10.2. The molecule has 7 nitrogen and oxygen atoms in total. The molecule has 0 aliphatic carbocycles. The minimum absolute atomic E-state index is 0.0502. The molecule has 1 aliphatic heterocycles. The van der Waals surface area contributed by atoms with Crippen LogP contribution < -0.4 is 10.2 Å². The van der Waals surface area contributed by atoms with Crippen molar-refractivity contribution in [1.29, 1.82) is 0 Å². The van der Waals surface area contributed by atoms with Crippen molar-refractivity contribution in [2.24, 2.45) is 0 Å². The number of amides is 1. The average molecular weight is 349 g/mol. The van der Waals surface area contributed by atoms with Crippen LogP contribution in [-0.2, 0) is 9.47 Å². The normalized spacial score (nSPS) is 17.5. The SMILES string of the molecule is CC(C)OC(=O)c1cccnc1N1CC[C@@H](NC(=O)OC(C)(C)C)C1. The average Bonchev–Trinajstić information content (AvgIpc) is 2.92. The van der Waals surface area contributed by atoms with E-state index in [1.165, 1.54) is 0 Å². The van der Waals surface area contributed by atoms with Gasteiger partial charge >= 0.3 is 12.1 Å². The second-order valence-corrected chi connectivity index (χ2v) is 7.41. The highest BCUT2D eigenvalue weighted by Crippen LogP contribution is 2.23. The number of carbonyl (C=O) groups excluding carboxylic acids is 2. The molecule has 25 heavy (non-hydrogen) atoms. The molecule has 1 fully saturated rings. The molecule has 2 heterocycles. The Morgan fingerprint density at radius 3 is 2.72 bits per heavy atom. The molecule has 0 aromatic carbocycles. The van der Waals surface area contributed by atoms with Crippen LogP contribution in [0, 0.1) is 0 Å². The largest absolute Gasteiger partial charge is 0.459 e. The van der Waals surface area contributed by atoms with Gasteiger partial charge in [-0.05, 0) is 53.2 Å². The summed E-state index contributed by atoms with van der Waals surface area (Å²) in [5.74, 6) is 0.197. The van der Waals surface area contributed by atoms with Crippen molar-refractivity contribution in [2.75, 3.05) is 18.0 Å². The van der Waals surface area contributed by atoms with Crippen LogP contribution >= 0.6 is 0 Å². The van der Waals surface area contributed by atoms with E-state index in [0.29, 0.717) is 24.5 Å². The first kappa shape index (κ1) is 19.0. The fraction of sp³-hybridized carbons (Fsp3) is 0.611. The monoisotopic (exact) mass is 349 g/mol. The Hall–Kier alpha value is -2.31. The van der Waals surface area contributed by atoms with E-state index in [4.69, 9.17) is 9.47 Å². The van der Waals surface area contributed by atoms with Crippen molar-refractivity contribution >= 4 is 17.9 Å². The van der Waals surface area contributed by atoms with Crippen LogP contribution in [0.4, 0.5) is 10.6 Å². The van der Waals surface area contributed by atoms with Gasteiger partial charge in [-0.15, -0.1) is 0 Å². The number of esters is 1. The Bertz CT molecular complexity index is 625. The van der Waals surface area contributed by atoms with Crippen LogP contribution in [0.15, 0.2) is 18.3 Å². The summed E-state index contributed by atoms with van der Waals surface area (Å²) in [6.07, 6.45) is 1.78. The lowest BCUT2D eigenvalue weighted by molar-refractivity contribution is 0.0377. The molecule has 1 aromatic rings. The molecule has 2 rings (SSSR count). The second kappa shape index (κ2) is 7.72. The van der Waals surface area contributed by atoms with Crippen LogP contribution in [0.5, 0.6) is 0 Å². The molecular formula is C18H27N3O4. The van der Waals surface area contributed by atoms with Crippen LogP contribution in [-0.4, -0.2) is 47.9 Å². The standard InChI is InChI=1S/C18H27N3O4/c1-12(2)24-16(22)14-7-6-9-19-15(14)21-10-8-13(11-21)20-17(23)25-18(3,4)5/h6-7,9,12-13H,8,10-11H2,1-5H3,(H,20,23)/t13-/m1/s1. The van der Waals surface area contributed by atoms with Gasteiger partial charge in [-0.2, -0.15) is 0 Å². The van der Waals surface area contributed by atoms with Gasteiger partial charge < -0.3 is 19.7 Å². The van der Waals surface area contributed by atoms with Crippen LogP contribution in [0.25, 0.3) is 0 Å². The highest BCUT2D eigenvalue weighted by molar-refractivity contribution is 5.95. The predicted molar refractivity (Wildman–Crippen MR) is 94.8 cm³/mol. The molecule has 1 aromatic heterocycles. The Morgan fingerprint density at radius 1 is 1.36 bits per heavy atom. The Labute approximate surface area is 148 Å². The third kappa shape index (κ3) is 5.62. The summed E-state index contributed by atoms with van der Waals surface area (Å²) in [5.41, 5.74) is -0.0916. The summed E-state index contributed by atoms with van der Waals surface area (Å²) in [6, 6.07) is 3.38. The first-order valence-electron chi connectivity index (χ1n) is 8.56. The number of hydrogen-bond acceptors (Lipinski definition) is 6. The van der Waals surface area contributed by atoms with Crippen molar-refractivity contribution in [3.05, 3.63) is 23.9 Å². The number of nitrogens with zero attached hydrogens (tertiary/aromatic N) is 2. The van der Waals surface area contributed by atoms with Gasteiger partial charge in [0.1, 0.15) is 17.0 Å². The van der Waals surface area contributed by atoms with E-state index in [1.807, 2.05) is 39.5 Å². The molecule has 138 valence electrons. The number of nitrogens with one attached hydrogen (secondary N) is 1. The molecule has 0 radical (unpaired) electrons. The first-order chi connectivity index (χ1) is 11.7. The molecule has 0 bridgehead atoms. The van der Waals surface area contributed by atoms with E-state index < -0.39 is 11.7 Å². The van der Waals surface area contributed by atoms with E-state index in [-0.39, 0.29) is 18.1 Å². The molecule has 1 atom stereocenters. The van der Waals surface area contributed by atoms with E-state index in [1.54, 1.807) is 18.3 Å². The molecule has 1 N–H and O–H groups in total. The number of aromatic nitrogens is 1. The number of ether oxygens (including phenoxy) is 2. The quantitative estimate of drug-likeness (QED) is 0.842. The highest BCUT2D eigenvalue weighted by atomic mass is 16.6. The van der Waals surface area contributed by atoms with Gasteiger partial charge in [0, 0.05) is 19.3 Å². The lowest BCUT2D eigenvalue weighted by Crippen LogP contribution is -2.40. The minimum Gasteiger partial charge on any atom is -0.459 e. The zero-order valence-electron chi connectivity index (χ0n) is 15.5. The van der Waals surface area contributed by atoms with Gasteiger partial charge in [-0.3, -0.25) is 0 Å². The van der Waals surface area contributed by atoms with Gasteiger partial charge in [0.25, 0.3) is 0 Å². The molecule has 0 unspecified atom stereocenters. The fourth-order valence-electron chi connectivity index (χ4n) is 2.63. The summed E-state index contributed by atoms with van der Waals surface area (Å²) in [4.78, 5) is 30.5. The van der Waals surface area contributed by atoms with Gasteiger partial charge in [0.15, 0.2) is 0 Å². The van der Waals surface area contributed by atoms with Crippen molar-refractivity contribution in [2.45, 2.75) is 58.8 Å². The number of rotatable bonds is 4. The molecule has 1 aliphatic rings. The molecule has 0 spiro atoms. The van der Waals surface area contributed by atoms with E-state index in [2.05, 4.69) is 10.3 Å². The maximum Gasteiger partial charge on any atom is 0.407 e.